The molecule has 2 rings (SSSR count). The zero-order valence-electron chi connectivity index (χ0n) is 13.5. The van der Waals surface area contributed by atoms with Crippen molar-refractivity contribution in [2.45, 2.75) is 45.6 Å². The molecule has 2 nitrogen and oxygen atoms in total. The van der Waals surface area contributed by atoms with Crippen LogP contribution in [0.1, 0.15) is 61.6 Å². The lowest BCUT2D eigenvalue weighted by Gasteiger charge is -2.07. The monoisotopic (exact) mass is 298 g/mol. The zero-order valence-corrected chi connectivity index (χ0v) is 13.5. The number of hydrogen-bond acceptors (Lipinski definition) is 2. The predicted molar refractivity (Wildman–Crippen MR) is 92.0 cm³/mol. The standard InChI is InChI=1S/C10H14O.C10H12O/c2*1-2-6-10(11)9-7-4-3-5-8-9/h3-5,7-8,10-11H,2,6H2,1H3;3-5,7-8H,2,6H2,1H3. The van der Waals surface area contributed by atoms with Gasteiger partial charge in [0, 0.05) is 12.0 Å². The van der Waals surface area contributed by atoms with Gasteiger partial charge >= 0.3 is 0 Å². The lowest BCUT2D eigenvalue weighted by molar-refractivity contribution is 0.0981. The van der Waals surface area contributed by atoms with Crippen LogP contribution in [0.3, 0.4) is 0 Å². The second-order valence-corrected chi connectivity index (χ2v) is 5.25. The molecule has 0 aliphatic carbocycles. The number of Topliss-reactive ketones (excluding diaryl/α,β-unsaturated/α-hetero) is 1. The molecule has 2 aromatic carbocycles. The molecule has 1 atom stereocenters. The van der Waals surface area contributed by atoms with Gasteiger partial charge < -0.3 is 5.11 Å². The van der Waals surface area contributed by atoms with Gasteiger partial charge in [0.2, 0.25) is 0 Å². The van der Waals surface area contributed by atoms with Crippen LogP contribution in [0, 0.1) is 0 Å². The van der Waals surface area contributed by atoms with E-state index in [1.165, 1.54) is 0 Å². The van der Waals surface area contributed by atoms with Gasteiger partial charge in [0.1, 0.15) is 0 Å². The molecule has 2 heteroatoms. The normalized spacial score (nSPS) is 11.2. The Bertz CT molecular complexity index is 520. The Hall–Kier alpha value is -1.93. The molecule has 0 saturated heterocycles. The Morgan fingerprint density at radius 3 is 1.95 bits per heavy atom. The van der Waals surface area contributed by atoms with Gasteiger partial charge in [-0.3, -0.25) is 4.79 Å². The summed E-state index contributed by atoms with van der Waals surface area (Å²) in [6.07, 6.45) is 3.18. The van der Waals surface area contributed by atoms with E-state index in [0.717, 1.165) is 30.4 Å². The molecule has 0 aromatic heterocycles. The molecule has 0 radical (unpaired) electrons. The fourth-order valence-electron chi connectivity index (χ4n) is 2.11. The van der Waals surface area contributed by atoms with Gasteiger partial charge in [0.05, 0.1) is 6.10 Å². The number of rotatable bonds is 6. The lowest BCUT2D eigenvalue weighted by atomic mass is 10.1. The topological polar surface area (TPSA) is 37.3 Å². The largest absolute Gasteiger partial charge is 0.388 e. The SMILES string of the molecule is CCCC(=O)c1ccccc1.CCCC(O)c1ccccc1. The van der Waals surface area contributed by atoms with Crippen molar-refractivity contribution < 1.29 is 9.90 Å². The number of carbonyl (C=O) groups is 1. The Kier molecular flexibility index (Phi) is 8.85. The van der Waals surface area contributed by atoms with E-state index in [9.17, 15) is 9.90 Å². The van der Waals surface area contributed by atoms with E-state index in [1.54, 1.807) is 0 Å². The summed E-state index contributed by atoms with van der Waals surface area (Å²) >= 11 is 0. The highest BCUT2D eigenvalue weighted by Crippen LogP contribution is 2.16. The van der Waals surface area contributed by atoms with E-state index < -0.39 is 0 Å². The van der Waals surface area contributed by atoms with Crippen LogP contribution in [0.2, 0.25) is 0 Å². The fourth-order valence-corrected chi connectivity index (χ4v) is 2.11. The van der Waals surface area contributed by atoms with Gasteiger partial charge in [0.15, 0.2) is 5.78 Å². The summed E-state index contributed by atoms with van der Waals surface area (Å²) in [5, 5.41) is 9.52. The number of aliphatic hydroxyl groups excluding tert-OH is 1. The molecule has 0 spiro atoms. The Labute approximate surface area is 133 Å². The minimum absolute atomic E-state index is 0.244. The van der Waals surface area contributed by atoms with Gasteiger partial charge in [-0.1, -0.05) is 80.9 Å². The maximum Gasteiger partial charge on any atom is 0.162 e. The average Bonchev–Trinajstić information content (AvgIpc) is 2.57. The lowest BCUT2D eigenvalue weighted by Crippen LogP contribution is -1.96. The van der Waals surface area contributed by atoms with Gasteiger partial charge in [-0.15, -0.1) is 0 Å². The first-order valence-corrected chi connectivity index (χ1v) is 8.00. The highest BCUT2D eigenvalue weighted by Gasteiger charge is 2.03. The molecular formula is C20H26O2. The van der Waals surface area contributed by atoms with Gasteiger partial charge in [-0.25, -0.2) is 0 Å². The summed E-state index contributed by atoms with van der Waals surface area (Å²) in [5.41, 5.74) is 1.85. The predicted octanol–water partition coefficient (Wildman–Crippen LogP) is 5.19. The van der Waals surface area contributed by atoms with E-state index >= 15 is 0 Å². The average molecular weight is 298 g/mol. The Balaban J connectivity index is 0.000000220. The molecular weight excluding hydrogens is 272 g/mol. The summed E-state index contributed by atoms with van der Waals surface area (Å²) in [5.74, 6) is 0.244. The minimum Gasteiger partial charge on any atom is -0.388 e. The first-order valence-electron chi connectivity index (χ1n) is 8.00. The smallest absolute Gasteiger partial charge is 0.162 e. The maximum absolute atomic E-state index is 11.2. The highest BCUT2D eigenvalue weighted by molar-refractivity contribution is 5.95. The van der Waals surface area contributed by atoms with Crippen molar-refractivity contribution in [1.82, 2.24) is 0 Å². The molecule has 0 bridgehead atoms. The van der Waals surface area contributed by atoms with Crippen LogP contribution in [0.4, 0.5) is 0 Å². The Morgan fingerprint density at radius 1 is 0.909 bits per heavy atom. The molecule has 22 heavy (non-hydrogen) atoms. The molecule has 0 heterocycles. The van der Waals surface area contributed by atoms with Gasteiger partial charge in [-0.05, 0) is 18.4 Å². The summed E-state index contributed by atoms with van der Waals surface area (Å²) in [7, 11) is 0. The third-order valence-electron chi connectivity index (χ3n) is 3.32. The van der Waals surface area contributed by atoms with Crippen molar-refractivity contribution in [3.63, 3.8) is 0 Å². The van der Waals surface area contributed by atoms with Crippen molar-refractivity contribution in [3.8, 4) is 0 Å². The highest BCUT2D eigenvalue weighted by atomic mass is 16.3. The van der Waals surface area contributed by atoms with E-state index in [-0.39, 0.29) is 11.9 Å². The number of ketones is 1. The molecule has 118 valence electrons. The number of aliphatic hydroxyl groups is 1. The Morgan fingerprint density at radius 2 is 1.45 bits per heavy atom. The zero-order chi connectivity index (χ0) is 16.2. The van der Waals surface area contributed by atoms with Gasteiger partial charge in [0.25, 0.3) is 0 Å². The van der Waals surface area contributed by atoms with Crippen LogP contribution in [-0.2, 0) is 0 Å². The number of benzene rings is 2. The molecule has 2 aromatic rings. The van der Waals surface area contributed by atoms with Crippen LogP contribution >= 0.6 is 0 Å². The summed E-state index contributed by atoms with van der Waals surface area (Å²) in [4.78, 5) is 11.2. The summed E-state index contributed by atoms with van der Waals surface area (Å²) in [6.45, 7) is 4.09. The minimum atomic E-state index is -0.277. The van der Waals surface area contributed by atoms with Crippen molar-refractivity contribution in [2.75, 3.05) is 0 Å². The maximum atomic E-state index is 11.2. The van der Waals surface area contributed by atoms with E-state index in [0.29, 0.717) is 6.42 Å². The second kappa shape index (κ2) is 10.7. The molecule has 1 unspecified atom stereocenters. The van der Waals surface area contributed by atoms with Gasteiger partial charge in [-0.2, -0.15) is 0 Å². The van der Waals surface area contributed by atoms with E-state index in [1.807, 2.05) is 67.6 Å². The van der Waals surface area contributed by atoms with Crippen LogP contribution in [0.5, 0.6) is 0 Å². The quantitative estimate of drug-likeness (QED) is 0.745. The number of hydrogen-bond donors (Lipinski definition) is 1. The summed E-state index contributed by atoms with van der Waals surface area (Å²) < 4.78 is 0. The molecule has 0 aliphatic heterocycles. The van der Waals surface area contributed by atoms with Crippen molar-refractivity contribution in [2.24, 2.45) is 0 Å². The van der Waals surface area contributed by atoms with E-state index in [4.69, 9.17) is 0 Å². The van der Waals surface area contributed by atoms with E-state index in [2.05, 4.69) is 6.92 Å². The molecule has 0 fully saturated rings. The van der Waals surface area contributed by atoms with Crippen molar-refractivity contribution in [1.29, 1.82) is 0 Å². The second-order valence-electron chi connectivity index (χ2n) is 5.25. The van der Waals surface area contributed by atoms with Crippen molar-refractivity contribution in [3.05, 3.63) is 71.8 Å². The van der Waals surface area contributed by atoms with Crippen LogP contribution in [0.15, 0.2) is 60.7 Å². The third kappa shape index (κ3) is 6.68. The first kappa shape index (κ1) is 18.1. The first-order chi connectivity index (χ1) is 10.7. The molecule has 0 aliphatic rings. The molecule has 0 amide bonds. The number of carbonyl (C=O) groups excluding carboxylic acids is 1. The fraction of sp³-hybridized carbons (Fsp3) is 0.350. The third-order valence-corrected chi connectivity index (χ3v) is 3.32. The molecule has 0 saturated carbocycles. The van der Waals surface area contributed by atoms with Crippen LogP contribution in [0.25, 0.3) is 0 Å². The van der Waals surface area contributed by atoms with Crippen molar-refractivity contribution >= 4 is 5.78 Å². The van der Waals surface area contributed by atoms with Crippen LogP contribution in [-0.4, -0.2) is 10.9 Å². The van der Waals surface area contributed by atoms with Crippen LogP contribution < -0.4 is 0 Å². The molecule has 1 N–H and O–H groups in total. The summed E-state index contributed by atoms with van der Waals surface area (Å²) in [6, 6.07) is 19.2.